The number of hydrogen-bond acceptors (Lipinski definition) is 7. The first kappa shape index (κ1) is 16.4. The van der Waals surface area contributed by atoms with E-state index in [0.29, 0.717) is 11.0 Å². The van der Waals surface area contributed by atoms with Gasteiger partial charge in [-0.2, -0.15) is 4.98 Å². The van der Waals surface area contributed by atoms with Gasteiger partial charge in [0.1, 0.15) is 23.6 Å². The van der Waals surface area contributed by atoms with Crippen molar-refractivity contribution in [1.82, 2.24) is 24.5 Å². The fraction of sp³-hybridized carbons (Fsp3) is 0.389. The topological polar surface area (TPSA) is 80.0 Å². The molecule has 0 unspecified atom stereocenters. The Kier molecular flexibility index (Phi) is 4.47. The maximum Gasteiger partial charge on any atom is 0.282 e. The van der Waals surface area contributed by atoms with Crippen molar-refractivity contribution in [2.45, 2.75) is 19.9 Å². The Morgan fingerprint density at radius 2 is 1.77 bits per heavy atom. The summed E-state index contributed by atoms with van der Waals surface area (Å²) in [5.41, 5.74) is 0.486. The van der Waals surface area contributed by atoms with Crippen LogP contribution in [0.5, 0.6) is 0 Å². The second-order valence-electron chi connectivity index (χ2n) is 6.32. The van der Waals surface area contributed by atoms with Gasteiger partial charge in [-0.15, -0.1) is 0 Å². The summed E-state index contributed by atoms with van der Waals surface area (Å²) in [6.45, 7) is 6.30. The summed E-state index contributed by atoms with van der Waals surface area (Å²) in [6, 6.07) is 3.76. The fourth-order valence-corrected chi connectivity index (χ4v) is 3.27. The number of piperazine rings is 1. The summed E-state index contributed by atoms with van der Waals surface area (Å²) in [5, 5.41) is 0.572. The van der Waals surface area contributed by atoms with Gasteiger partial charge >= 0.3 is 0 Å². The van der Waals surface area contributed by atoms with E-state index in [1.807, 2.05) is 16.7 Å². The van der Waals surface area contributed by atoms with Gasteiger partial charge < -0.3 is 14.4 Å². The van der Waals surface area contributed by atoms with Crippen molar-refractivity contribution >= 4 is 22.7 Å². The molecule has 1 fully saturated rings. The second-order valence-corrected chi connectivity index (χ2v) is 6.32. The number of fused-ring (bicyclic) bond motifs is 1. The third-order valence-electron chi connectivity index (χ3n) is 4.62. The molecule has 0 N–H and O–H groups in total. The van der Waals surface area contributed by atoms with Crippen LogP contribution in [0.2, 0.25) is 0 Å². The fourth-order valence-electron chi connectivity index (χ4n) is 3.27. The smallest absolute Gasteiger partial charge is 0.282 e. The number of anilines is 2. The largest absolute Gasteiger partial charge is 0.353 e. The predicted octanol–water partition coefficient (Wildman–Crippen LogP) is 1.32. The van der Waals surface area contributed by atoms with Crippen LogP contribution in [-0.2, 0) is 6.54 Å². The van der Waals surface area contributed by atoms with Crippen LogP contribution in [0.25, 0.3) is 11.0 Å². The summed E-state index contributed by atoms with van der Waals surface area (Å²) in [7, 11) is 0. The van der Waals surface area contributed by atoms with Crippen molar-refractivity contribution in [2.24, 2.45) is 0 Å². The van der Waals surface area contributed by atoms with E-state index in [-0.39, 0.29) is 5.56 Å². The highest BCUT2D eigenvalue weighted by atomic mass is 16.1. The lowest BCUT2D eigenvalue weighted by molar-refractivity contribution is 0.638. The van der Waals surface area contributed by atoms with Crippen molar-refractivity contribution in [1.29, 1.82) is 0 Å². The van der Waals surface area contributed by atoms with E-state index in [1.165, 1.54) is 0 Å². The molecule has 8 heteroatoms. The summed E-state index contributed by atoms with van der Waals surface area (Å²) >= 11 is 0. The zero-order valence-corrected chi connectivity index (χ0v) is 14.7. The quantitative estimate of drug-likeness (QED) is 0.701. The average molecular weight is 351 g/mol. The molecule has 0 aromatic carbocycles. The van der Waals surface area contributed by atoms with Gasteiger partial charge in [-0.3, -0.25) is 9.78 Å². The number of hydrogen-bond donors (Lipinski definition) is 0. The Hall–Kier alpha value is -3.03. The van der Waals surface area contributed by atoms with Gasteiger partial charge in [0.25, 0.3) is 5.56 Å². The monoisotopic (exact) mass is 351 g/mol. The molecular formula is C18H21N7O. The van der Waals surface area contributed by atoms with Crippen LogP contribution >= 0.6 is 0 Å². The first-order valence-electron chi connectivity index (χ1n) is 8.88. The third-order valence-corrected chi connectivity index (χ3v) is 4.62. The Balaban J connectivity index is 1.58. The number of rotatable bonds is 4. The zero-order chi connectivity index (χ0) is 17.9. The van der Waals surface area contributed by atoms with E-state index in [9.17, 15) is 4.79 Å². The zero-order valence-electron chi connectivity index (χ0n) is 14.7. The molecule has 1 aliphatic rings. The minimum absolute atomic E-state index is 0.223. The first-order valence-corrected chi connectivity index (χ1v) is 8.88. The molecule has 0 amide bonds. The average Bonchev–Trinajstić information content (AvgIpc) is 2.71. The lowest BCUT2D eigenvalue weighted by atomic mass is 10.2. The molecule has 4 rings (SSSR count). The Morgan fingerprint density at radius 1 is 1.00 bits per heavy atom. The molecule has 0 atom stereocenters. The molecule has 3 aromatic rings. The van der Waals surface area contributed by atoms with E-state index in [4.69, 9.17) is 4.98 Å². The summed E-state index contributed by atoms with van der Waals surface area (Å²) < 4.78 is 1.95. The first-order chi connectivity index (χ1) is 12.8. The Morgan fingerprint density at radius 3 is 2.46 bits per heavy atom. The number of aryl methyl sites for hydroxylation is 1. The number of nitrogens with zero attached hydrogens (tertiary/aromatic N) is 7. The highest BCUT2D eigenvalue weighted by Gasteiger charge is 2.20. The molecule has 1 saturated heterocycles. The molecule has 4 heterocycles. The SMILES string of the molecule is CCCn1cnc(=O)c2ccc(N3CCN(c4cnccn4)CC3)nc21. The van der Waals surface area contributed by atoms with E-state index in [0.717, 1.165) is 50.8 Å². The lowest BCUT2D eigenvalue weighted by Gasteiger charge is -2.35. The van der Waals surface area contributed by atoms with E-state index < -0.39 is 0 Å². The summed E-state index contributed by atoms with van der Waals surface area (Å²) in [6.07, 6.45) is 7.75. The van der Waals surface area contributed by atoms with Gasteiger partial charge in [0, 0.05) is 45.1 Å². The Bertz CT molecular complexity index is 949. The predicted molar refractivity (Wildman–Crippen MR) is 101 cm³/mol. The van der Waals surface area contributed by atoms with Gasteiger partial charge in [0.05, 0.1) is 11.6 Å². The van der Waals surface area contributed by atoms with Crippen LogP contribution in [0.3, 0.4) is 0 Å². The molecule has 1 aliphatic heterocycles. The molecule has 0 spiro atoms. The standard InChI is InChI=1S/C18H21N7O/c1-2-7-25-13-21-18(26)14-3-4-15(22-17(14)25)23-8-10-24(11-9-23)16-12-19-5-6-20-16/h3-6,12-13H,2,7-11H2,1H3. The summed E-state index contributed by atoms with van der Waals surface area (Å²) in [5.74, 6) is 1.80. The normalized spacial score (nSPS) is 14.8. The molecule has 0 aliphatic carbocycles. The van der Waals surface area contributed by atoms with Crippen molar-refractivity contribution < 1.29 is 0 Å². The maximum atomic E-state index is 12.0. The van der Waals surface area contributed by atoms with Gasteiger partial charge in [-0.1, -0.05) is 6.92 Å². The van der Waals surface area contributed by atoms with E-state index in [1.54, 1.807) is 24.9 Å². The van der Waals surface area contributed by atoms with Crippen LogP contribution in [0.1, 0.15) is 13.3 Å². The Labute approximate surface area is 151 Å². The molecule has 3 aromatic heterocycles. The van der Waals surface area contributed by atoms with Crippen LogP contribution < -0.4 is 15.4 Å². The molecule has 134 valence electrons. The minimum Gasteiger partial charge on any atom is -0.353 e. The minimum atomic E-state index is -0.223. The molecular weight excluding hydrogens is 330 g/mol. The van der Waals surface area contributed by atoms with Gasteiger partial charge in [-0.25, -0.2) is 9.97 Å². The molecule has 0 bridgehead atoms. The van der Waals surface area contributed by atoms with Crippen LogP contribution in [0.4, 0.5) is 11.6 Å². The van der Waals surface area contributed by atoms with Crippen LogP contribution in [0, 0.1) is 0 Å². The lowest BCUT2D eigenvalue weighted by Crippen LogP contribution is -2.47. The van der Waals surface area contributed by atoms with Crippen LogP contribution in [0.15, 0.2) is 41.8 Å². The van der Waals surface area contributed by atoms with E-state index in [2.05, 4.69) is 31.7 Å². The molecule has 0 radical (unpaired) electrons. The van der Waals surface area contributed by atoms with Crippen molar-refractivity contribution in [3.63, 3.8) is 0 Å². The van der Waals surface area contributed by atoms with Gasteiger partial charge in [0.15, 0.2) is 0 Å². The summed E-state index contributed by atoms with van der Waals surface area (Å²) in [4.78, 5) is 33.7. The van der Waals surface area contributed by atoms with Gasteiger partial charge in [0.2, 0.25) is 0 Å². The van der Waals surface area contributed by atoms with E-state index >= 15 is 0 Å². The van der Waals surface area contributed by atoms with Gasteiger partial charge in [-0.05, 0) is 18.6 Å². The maximum absolute atomic E-state index is 12.0. The highest BCUT2D eigenvalue weighted by Crippen LogP contribution is 2.19. The highest BCUT2D eigenvalue weighted by molar-refractivity contribution is 5.76. The number of aromatic nitrogens is 5. The number of pyridine rings is 1. The third kappa shape index (κ3) is 3.10. The molecule has 0 saturated carbocycles. The van der Waals surface area contributed by atoms with Crippen molar-refractivity contribution in [2.75, 3.05) is 36.0 Å². The molecule has 8 nitrogen and oxygen atoms in total. The van der Waals surface area contributed by atoms with Crippen molar-refractivity contribution in [3.05, 3.63) is 47.4 Å². The van der Waals surface area contributed by atoms with Crippen molar-refractivity contribution in [3.8, 4) is 0 Å². The second kappa shape index (κ2) is 7.07. The van der Waals surface area contributed by atoms with Crippen LogP contribution in [-0.4, -0.2) is 50.7 Å². The molecule has 26 heavy (non-hydrogen) atoms.